The number of hydrogen-bond donors (Lipinski definition) is 0. The van der Waals surface area contributed by atoms with Gasteiger partial charge in [0.1, 0.15) is 6.04 Å². The molecule has 2 aromatic carbocycles. The molecule has 134 valence electrons. The first kappa shape index (κ1) is 19.0. The molecule has 0 heterocycles. The van der Waals surface area contributed by atoms with Gasteiger partial charge in [0.05, 0.1) is 17.2 Å². The second-order valence-electron chi connectivity index (χ2n) is 5.88. The summed E-state index contributed by atoms with van der Waals surface area (Å²) in [5.74, 6) is -0.584. The minimum atomic E-state index is -3.91. The molecule has 0 radical (unpaired) electrons. The van der Waals surface area contributed by atoms with Gasteiger partial charge in [0.2, 0.25) is 0 Å². The van der Waals surface area contributed by atoms with Crippen molar-refractivity contribution in [2.24, 2.45) is 0 Å². The van der Waals surface area contributed by atoms with Gasteiger partial charge in [-0.2, -0.15) is 0 Å². The van der Waals surface area contributed by atoms with Crippen molar-refractivity contribution in [2.75, 3.05) is 10.9 Å². The maximum absolute atomic E-state index is 13.2. The fourth-order valence-electron chi connectivity index (χ4n) is 2.44. The van der Waals surface area contributed by atoms with E-state index in [0.29, 0.717) is 5.69 Å². The third-order valence-electron chi connectivity index (χ3n) is 3.85. The molecule has 0 fully saturated rings. The summed E-state index contributed by atoms with van der Waals surface area (Å²) in [6.45, 7) is 7.21. The summed E-state index contributed by atoms with van der Waals surface area (Å²) in [7, 11) is -3.91. The van der Waals surface area contributed by atoms with Crippen LogP contribution in [0.2, 0.25) is 0 Å². The van der Waals surface area contributed by atoms with Crippen LogP contribution in [0.3, 0.4) is 0 Å². The molecule has 0 bridgehead atoms. The zero-order valence-corrected chi connectivity index (χ0v) is 15.7. The Labute approximate surface area is 149 Å². The van der Waals surface area contributed by atoms with Crippen molar-refractivity contribution < 1.29 is 17.9 Å². The molecule has 6 heteroatoms. The van der Waals surface area contributed by atoms with Crippen molar-refractivity contribution in [3.8, 4) is 0 Å². The summed E-state index contributed by atoms with van der Waals surface area (Å²) >= 11 is 0. The molecule has 0 aromatic heterocycles. The van der Waals surface area contributed by atoms with E-state index in [-0.39, 0.29) is 11.5 Å². The number of rotatable bonds is 6. The minimum absolute atomic E-state index is 0.134. The molecule has 0 aliphatic heterocycles. The molecule has 5 nitrogen and oxygen atoms in total. The van der Waals surface area contributed by atoms with E-state index in [9.17, 15) is 13.2 Å². The molecule has 0 saturated carbocycles. The van der Waals surface area contributed by atoms with Gasteiger partial charge in [-0.3, -0.25) is 4.31 Å². The average Bonchev–Trinajstić information content (AvgIpc) is 2.57. The average molecular weight is 361 g/mol. The van der Waals surface area contributed by atoms with Crippen LogP contribution < -0.4 is 4.31 Å². The second kappa shape index (κ2) is 7.70. The number of ether oxygens (including phenoxy) is 1. The summed E-state index contributed by atoms with van der Waals surface area (Å²) in [5, 5.41) is 0. The van der Waals surface area contributed by atoms with E-state index in [4.69, 9.17) is 4.74 Å². The van der Waals surface area contributed by atoms with Gasteiger partial charge in [-0.25, -0.2) is 13.2 Å². The van der Waals surface area contributed by atoms with Crippen molar-refractivity contribution in [2.45, 2.75) is 38.6 Å². The monoisotopic (exact) mass is 361 g/mol. The topological polar surface area (TPSA) is 63.7 Å². The van der Waals surface area contributed by atoms with Crippen molar-refractivity contribution in [3.63, 3.8) is 0 Å². The highest BCUT2D eigenvalue weighted by Gasteiger charge is 2.34. The standard InChI is InChI=1S/C19H23NO4S/c1-5-24-19(21)16(4)20(17-10-6-14(2)7-11-17)25(22,23)18-12-8-15(3)9-13-18/h6-13,16H,5H2,1-4H3/t16-/m1/s1. The first-order valence-corrected chi connectivity index (χ1v) is 9.55. The Morgan fingerprint density at radius 2 is 1.48 bits per heavy atom. The number of aryl methyl sites for hydroxylation is 2. The third kappa shape index (κ3) is 4.20. The number of hydrogen-bond acceptors (Lipinski definition) is 4. The maximum Gasteiger partial charge on any atom is 0.329 e. The number of anilines is 1. The molecule has 0 saturated heterocycles. The maximum atomic E-state index is 13.2. The van der Waals surface area contributed by atoms with Gasteiger partial charge >= 0.3 is 5.97 Å². The molecular weight excluding hydrogens is 338 g/mol. The molecule has 2 aromatic rings. The lowest BCUT2D eigenvalue weighted by atomic mass is 10.2. The molecule has 0 aliphatic carbocycles. The number of sulfonamides is 1. The van der Waals surface area contributed by atoms with E-state index >= 15 is 0 Å². The Hall–Kier alpha value is -2.34. The summed E-state index contributed by atoms with van der Waals surface area (Å²) in [5.41, 5.74) is 2.38. The summed E-state index contributed by atoms with van der Waals surface area (Å²) < 4.78 is 32.5. The van der Waals surface area contributed by atoms with Crippen LogP contribution in [-0.4, -0.2) is 27.0 Å². The first-order chi connectivity index (χ1) is 11.8. The zero-order chi connectivity index (χ0) is 18.6. The van der Waals surface area contributed by atoms with Gasteiger partial charge in [0.25, 0.3) is 10.0 Å². The van der Waals surface area contributed by atoms with Crippen LogP contribution in [0.1, 0.15) is 25.0 Å². The van der Waals surface area contributed by atoms with Crippen LogP contribution in [0.15, 0.2) is 53.4 Å². The van der Waals surface area contributed by atoms with Crippen molar-refractivity contribution >= 4 is 21.7 Å². The van der Waals surface area contributed by atoms with E-state index in [1.54, 1.807) is 43.3 Å². The lowest BCUT2D eigenvalue weighted by Gasteiger charge is -2.29. The van der Waals surface area contributed by atoms with Crippen LogP contribution in [0.5, 0.6) is 0 Å². The van der Waals surface area contributed by atoms with E-state index < -0.39 is 22.0 Å². The number of nitrogens with zero attached hydrogens (tertiary/aromatic N) is 1. The van der Waals surface area contributed by atoms with E-state index in [1.807, 2.05) is 26.0 Å². The number of esters is 1. The zero-order valence-electron chi connectivity index (χ0n) is 14.9. The molecule has 0 N–H and O–H groups in total. The summed E-state index contributed by atoms with van der Waals surface area (Å²) in [4.78, 5) is 12.4. The SMILES string of the molecule is CCOC(=O)[C@@H](C)N(c1ccc(C)cc1)S(=O)(=O)c1ccc(C)cc1. The molecule has 0 spiro atoms. The highest BCUT2D eigenvalue weighted by molar-refractivity contribution is 7.92. The predicted octanol–water partition coefficient (Wildman–Crippen LogP) is 3.45. The summed E-state index contributed by atoms with van der Waals surface area (Å²) in [6.07, 6.45) is 0. The lowest BCUT2D eigenvalue weighted by Crippen LogP contribution is -2.44. The Balaban J connectivity index is 2.55. The quantitative estimate of drug-likeness (QED) is 0.739. The minimum Gasteiger partial charge on any atom is -0.464 e. The van der Waals surface area contributed by atoms with Crippen LogP contribution in [0, 0.1) is 13.8 Å². The van der Waals surface area contributed by atoms with Gasteiger partial charge in [-0.15, -0.1) is 0 Å². The second-order valence-corrected chi connectivity index (χ2v) is 7.69. The van der Waals surface area contributed by atoms with Crippen molar-refractivity contribution in [1.82, 2.24) is 0 Å². The van der Waals surface area contributed by atoms with Gasteiger partial charge in [0, 0.05) is 0 Å². The van der Waals surface area contributed by atoms with Gasteiger partial charge in [-0.1, -0.05) is 35.4 Å². The normalized spacial score (nSPS) is 12.5. The van der Waals surface area contributed by atoms with Crippen LogP contribution in [-0.2, 0) is 19.6 Å². The molecule has 0 aliphatic rings. The van der Waals surface area contributed by atoms with Gasteiger partial charge in [-0.05, 0) is 52.0 Å². The molecule has 2 rings (SSSR count). The van der Waals surface area contributed by atoms with Crippen molar-refractivity contribution in [3.05, 3.63) is 59.7 Å². The highest BCUT2D eigenvalue weighted by atomic mass is 32.2. The molecule has 25 heavy (non-hydrogen) atoms. The lowest BCUT2D eigenvalue weighted by molar-refractivity contribution is -0.144. The first-order valence-electron chi connectivity index (χ1n) is 8.11. The van der Waals surface area contributed by atoms with Crippen molar-refractivity contribution in [1.29, 1.82) is 0 Å². The fourth-order valence-corrected chi connectivity index (χ4v) is 4.05. The van der Waals surface area contributed by atoms with Gasteiger partial charge in [0.15, 0.2) is 0 Å². The third-order valence-corrected chi connectivity index (χ3v) is 5.76. The van der Waals surface area contributed by atoms with Gasteiger partial charge < -0.3 is 4.74 Å². The molecule has 1 atom stereocenters. The fraction of sp³-hybridized carbons (Fsp3) is 0.316. The number of carbonyl (C=O) groups is 1. The highest BCUT2D eigenvalue weighted by Crippen LogP contribution is 2.27. The Morgan fingerprint density at radius 1 is 1.00 bits per heavy atom. The Bertz CT molecular complexity index is 827. The predicted molar refractivity (Wildman–Crippen MR) is 98.1 cm³/mol. The molecular formula is C19H23NO4S. The largest absolute Gasteiger partial charge is 0.464 e. The summed E-state index contributed by atoms with van der Waals surface area (Å²) in [6, 6.07) is 12.6. The Kier molecular flexibility index (Phi) is 5.85. The van der Waals surface area contributed by atoms with E-state index in [1.165, 1.54) is 6.92 Å². The van der Waals surface area contributed by atoms with Crippen LogP contribution >= 0.6 is 0 Å². The molecule has 0 amide bonds. The Morgan fingerprint density at radius 3 is 1.96 bits per heavy atom. The number of benzene rings is 2. The molecule has 0 unspecified atom stereocenters. The van der Waals surface area contributed by atoms with E-state index in [2.05, 4.69) is 0 Å². The van der Waals surface area contributed by atoms with E-state index in [0.717, 1.165) is 15.4 Å². The smallest absolute Gasteiger partial charge is 0.329 e. The number of carbonyl (C=O) groups excluding carboxylic acids is 1. The van der Waals surface area contributed by atoms with Crippen LogP contribution in [0.4, 0.5) is 5.69 Å². The van der Waals surface area contributed by atoms with Crippen LogP contribution in [0.25, 0.3) is 0 Å².